The van der Waals surface area contributed by atoms with Gasteiger partial charge in [-0.2, -0.15) is 22.0 Å². The molecule has 2 N–H and O–H groups in total. The molecule has 0 aliphatic heterocycles. The van der Waals surface area contributed by atoms with E-state index in [1.165, 1.54) is 25.4 Å². The Hall–Kier alpha value is -2.38. The first-order valence-corrected chi connectivity index (χ1v) is 8.79. The number of benzene rings is 1. The van der Waals surface area contributed by atoms with Gasteiger partial charge < -0.3 is 20.1 Å². The van der Waals surface area contributed by atoms with E-state index in [2.05, 4.69) is 30.1 Å². The van der Waals surface area contributed by atoms with Crippen LogP contribution in [0.4, 0.5) is 22.0 Å². The molecule has 0 aliphatic rings. The minimum Gasteiger partial charge on any atom is -0.468 e. The molecule has 0 radical (unpaired) electrons. The number of hydrogen-bond acceptors (Lipinski definition) is 4. The van der Waals surface area contributed by atoms with Gasteiger partial charge in [0.2, 0.25) is 5.88 Å². The van der Waals surface area contributed by atoms with Crippen LogP contribution in [0.2, 0.25) is 0 Å². The van der Waals surface area contributed by atoms with Crippen molar-refractivity contribution in [2.75, 3.05) is 13.7 Å². The number of guanidine groups is 1. The Kier molecular flexibility index (Phi) is 10.7. The number of rotatable bonds is 8. The van der Waals surface area contributed by atoms with Gasteiger partial charge in [0, 0.05) is 38.0 Å². The molecule has 1 aromatic carbocycles. The Labute approximate surface area is 193 Å². The molecule has 0 fully saturated rings. The van der Waals surface area contributed by atoms with Crippen LogP contribution in [-0.4, -0.2) is 37.4 Å². The highest BCUT2D eigenvalue weighted by atomic mass is 127. The highest BCUT2D eigenvalue weighted by Crippen LogP contribution is 2.22. The van der Waals surface area contributed by atoms with E-state index in [1.807, 2.05) is 6.92 Å². The second-order valence-corrected chi connectivity index (χ2v) is 6.18. The SMILES string of the molecule is CN=C(NCc1ccc(OCC(F)(F)F)nc1)NCc1cc(C)ccc1OC(F)F.I. The summed E-state index contributed by atoms with van der Waals surface area (Å²) < 4.78 is 70.6. The van der Waals surface area contributed by atoms with Crippen LogP contribution in [0.1, 0.15) is 16.7 Å². The number of pyridine rings is 1. The van der Waals surface area contributed by atoms with Gasteiger partial charge in [0.25, 0.3) is 0 Å². The van der Waals surface area contributed by atoms with Crippen molar-refractivity contribution in [3.8, 4) is 11.6 Å². The highest BCUT2D eigenvalue weighted by Gasteiger charge is 2.28. The van der Waals surface area contributed by atoms with Crippen LogP contribution in [0.3, 0.4) is 0 Å². The van der Waals surface area contributed by atoms with Crippen molar-refractivity contribution in [2.45, 2.75) is 32.8 Å². The standard InChI is InChI=1S/C19H21F5N4O2.HI/c1-12-3-5-15(30-17(20)21)14(7-12)10-28-18(25-2)27-9-13-4-6-16(26-8-13)29-11-19(22,23)24;/h3-8,17H,9-11H2,1-2H3,(H2,25,27,28);1H. The third kappa shape index (κ3) is 9.98. The fourth-order valence-corrected chi connectivity index (χ4v) is 2.40. The largest absolute Gasteiger partial charge is 0.468 e. The molecule has 0 bridgehead atoms. The van der Waals surface area contributed by atoms with Gasteiger partial charge in [-0.1, -0.05) is 23.8 Å². The monoisotopic (exact) mass is 560 g/mol. The first-order chi connectivity index (χ1) is 14.2. The van der Waals surface area contributed by atoms with E-state index in [9.17, 15) is 22.0 Å². The summed E-state index contributed by atoms with van der Waals surface area (Å²) in [5.74, 6) is 0.318. The predicted octanol–water partition coefficient (Wildman–Crippen LogP) is 4.42. The smallest absolute Gasteiger partial charge is 0.422 e. The lowest BCUT2D eigenvalue weighted by Crippen LogP contribution is -2.36. The molecule has 2 aromatic rings. The number of alkyl halides is 5. The topological polar surface area (TPSA) is 67.8 Å². The molecule has 0 saturated carbocycles. The van der Waals surface area contributed by atoms with Crippen LogP contribution in [-0.2, 0) is 13.1 Å². The molecule has 1 aromatic heterocycles. The number of aryl methyl sites for hydroxylation is 1. The number of halogens is 6. The van der Waals surface area contributed by atoms with Gasteiger partial charge in [0.15, 0.2) is 12.6 Å². The quantitative estimate of drug-likeness (QED) is 0.217. The zero-order chi connectivity index (χ0) is 22.1. The molecule has 2 rings (SSSR count). The molecule has 0 unspecified atom stereocenters. The Balaban J connectivity index is 0.00000480. The van der Waals surface area contributed by atoms with Crippen LogP contribution in [0.15, 0.2) is 41.5 Å². The summed E-state index contributed by atoms with van der Waals surface area (Å²) in [6.45, 7) is -2.05. The molecule has 0 amide bonds. The Bertz CT molecular complexity index is 848. The maximum absolute atomic E-state index is 12.6. The van der Waals surface area contributed by atoms with E-state index in [0.717, 1.165) is 5.56 Å². The average molecular weight is 560 g/mol. The summed E-state index contributed by atoms with van der Waals surface area (Å²) in [5.41, 5.74) is 2.09. The zero-order valence-corrected chi connectivity index (χ0v) is 19.0. The van der Waals surface area contributed by atoms with E-state index < -0.39 is 19.4 Å². The molecule has 0 spiro atoms. The van der Waals surface area contributed by atoms with Crippen LogP contribution in [0.25, 0.3) is 0 Å². The third-order valence-corrected chi connectivity index (χ3v) is 3.74. The fraction of sp³-hybridized carbons (Fsp3) is 0.368. The van der Waals surface area contributed by atoms with Gasteiger partial charge in [0.1, 0.15) is 5.75 Å². The van der Waals surface area contributed by atoms with Crippen molar-refractivity contribution in [2.24, 2.45) is 4.99 Å². The molecular formula is C19H22F5IN4O2. The van der Waals surface area contributed by atoms with Crippen molar-refractivity contribution >= 4 is 29.9 Å². The van der Waals surface area contributed by atoms with Crippen molar-refractivity contribution in [1.29, 1.82) is 0 Å². The second-order valence-electron chi connectivity index (χ2n) is 6.18. The Morgan fingerprint density at radius 3 is 2.42 bits per heavy atom. The molecule has 12 heteroatoms. The second kappa shape index (κ2) is 12.5. The molecule has 6 nitrogen and oxygen atoms in total. The molecule has 0 atom stereocenters. The fourth-order valence-electron chi connectivity index (χ4n) is 2.40. The molecule has 31 heavy (non-hydrogen) atoms. The van der Waals surface area contributed by atoms with Crippen molar-refractivity contribution in [3.05, 3.63) is 53.2 Å². The number of aliphatic imine (C=N–C) groups is 1. The summed E-state index contributed by atoms with van der Waals surface area (Å²) in [6.07, 6.45) is -3.06. The third-order valence-electron chi connectivity index (χ3n) is 3.74. The van der Waals surface area contributed by atoms with E-state index in [0.29, 0.717) is 17.1 Å². The summed E-state index contributed by atoms with van der Waals surface area (Å²) in [7, 11) is 1.54. The number of aromatic nitrogens is 1. The van der Waals surface area contributed by atoms with E-state index in [1.54, 1.807) is 18.2 Å². The Morgan fingerprint density at radius 2 is 1.84 bits per heavy atom. The molecular weight excluding hydrogens is 538 g/mol. The number of ether oxygens (including phenoxy) is 2. The maximum Gasteiger partial charge on any atom is 0.422 e. The van der Waals surface area contributed by atoms with Gasteiger partial charge in [0.05, 0.1) is 0 Å². The van der Waals surface area contributed by atoms with Crippen molar-refractivity contribution in [3.63, 3.8) is 0 Å². The molecule has 172 valence electrons. The number of hydrogen-bond donors (Lipinski definition) is 2. The zero-order valence-electron chi connectivity index (χ0n) is 16.7. The minimum atomic E-state index is -4.43. The summed E-state index contributed by atoms with van der Waals surface area (Å²) >= 11 is 0. The Morgan fingerprint density at radius 1 is 1.13 bits per heavy atom. The van der Waals surface area contributed by atoms with Gasteiger partial charge in [-0.05, 0) is 18.6 Å². The average Bonchev–Trinajstić information content (AvgIpc) is 2.68. The lowest BCUT2D eigenvalue weighted by molar-refractivity contribution is -0.154. The van der Waals surface area contributed by atoms with Crippen LogP contribution >= 0.6 is 24.0 Å². The van der Waals surface area contributed by atoms with Gasteiger partial charge in [-0.15, -0.1) is 24.0 Å². The van der Waals surface area contributed by atoms with Crippen LogP contribution < -0.4 is 20.1 Å². The lowest BCUT2D eigenvalue weighted by atomic mass is 10.1. The van der Waals surface area contributed by atoms with E-state index >= 15 is 0 Å². The molecule has 0 saturated heterocycles. The summed E-state index contributed by atoms with van der Waals surface area (Å²) in [5, 5.41) is 5.98. The normalized spacial score (nSPS) is 11.7. The number of nitrogens with zero attached hydrogens (tertiary/aromatic N) is 2. The van der Waals surface area contributed by atoms with Crippen molar-refractivity contribution in [1.82, 2.24) is 15.6 Å². The summed E-state index contributed by atoms with van der Waals surface area (Å²) in [6, 6.07) is 7.77. The predicted molar refractivity (Wildman–Crippen MR) is 116 cm³/mol. The van der Waals surface area contributed by atoms with E-state index in [-0.39, 0.29) is 48.7 Å². The van der Waals surface area contributed by atoms with Gasteiger partial charge in [-0.3, -0.25) is 4.99 Å². The summed E-state index contributed by atoms with van der Waals surface area (Å²) in [4.78, 5) is 7.86. The maximum atomic E-state index is 12.6. The number of nitrogens with one attached hydrogen (secondary N) is 2. The minimum absolute atomic E-state index is 0. The van der Waals surface area contributed by atoms with Gasteiger partial charge >= 0.3 is 12.8 Å². The lowest BCUT2D eigenvalue weighted by Gasteiger charge is -2.15. The highest BCUT2D eigenvalue weighted by molar-refractivity contribution is 14.0. The van der Waals surface area contributed by atoms with Crippen LogP contribution in [0.5, 0.6) is 11.6 Å². The molecule has 1 heterocycles. The van der Waals surface area contributed by atoms with Crippen LogP contribution in [0, 0.1) is 6.92 Å². The van der Waals surface area contributed by atoms with Gasteiger partial charge in [-0.25, -0.2) is 4.98 Å². The molecule has 0 aliphatic carbocycles. The first kappa shape index (κ1) is 26.7. The van der Waals surface area contributed by atoms with Crippen molar-refractivity contribution < 1.29 is 31.4 Å². The van der Waals surface area contributed by atoms with E-state index in [4.69, 9.17) is 0 Å². The first-order valence-electron chi connectivity index (χ1n) is 8.79.